The second-order valence-electron chi connectivity index (χ2n) is 7.44. The molecule has 0 bridgehead atoms. The van der Waals surface area contributed by atoms with Gasteiger partial charge in [-0.1, -0.05) is 56.3 Å². The number of hydrogen-bond donors (Lipinski definition) is 2. The van der Waals surface area contributed by atoms with Gasteiger partial charge in [-0.05, 0) is 35.7 Å². The van der Waals surface area contributed by atoms with Crippen LogP contribution in [-0.4, -0.2) is 19.1 Å². The van der Waals surface area contributed by atoms with Crippen molar-refractivity contribution in [3.05, 3.63) is 84.4 Å². The summed E-state index contributed by atoms with van der Waals surface area (Å²) >= 11 is 0. The minimum Gasteiger partial charge on any atom is -0.493 e. The highest BCUT2D eigenvalue weighted by molar-refractivity contribution is 5.93. The fourth-order valence-corrected chi connectivity index (χ4v) is 2.75. The predicted molar refractivity (Wildman–Crippen MR) is 121 cm³/mol. The minimum absolute atomic E-state index is 0.135. The summed E-state index contributed by atoms with van der Waals surface area (Å²) in [5.41, 5.74) is 2.63. The lowest BCUT2D eigenvalue weighted by atomic mass is 10.2. The topological polar surface area (TPSA) is 59.6 Å². The number of ether oxygens (including phenoxy) is 2. The van der Waals surface area contributed by atoms with Crippen LogP contribution in [0.1, 0.15) is 19.4 Å². The monoisotopic (exact) mass is 404 g/mol. The van der Waals surface area contributed by atoms with Crippen LogP contribution in [0.5, 0.6) is 11.5 Å². The van der Waals surface area contributed by atoms with E-state index in [0.717, 1.165) is 17.0 Å². The second-order valence-corrected chi connectivity index (χ2v) is 7.44. The van der Waals surface area contributed by atoms with E-state index in [2.05, 4.69) is 24.5 Å². The summed E-state index contributed by atoms with van der Waals surface area (Å²) in [6.07, 6.45) is 0. The maximum atomic E-state index is 12.3. The van der Waals surface area contributed by atoms with Crippen LogP contribution in [0.25, 0.3) is 0 Å². The van der Waals surface area contributed by atoms with Crippen molar-refractivity contribution in [2.24, 2.45) is 5.92 Å². The fraction of sp³-hybridized carbons (Fsp3) is 0.240. The van der Waals surface area contributed by atoms with Crippen LogP contribution in [0.3, 0.4) is 0 Å². The van der Waals surface area contributed by atoms with E-state index in [1.165, 1.54) is 0 Å². The Balaban J connectivity index is 1.48. The van der Waals surface area contributed by atoms with Crippen molar-refractivity contribution in [1.82, 2.24) is 0 Å². The Bertz CT molecular complexity index is 942. The third kappa shape index (κ3) is 7.17. The molecule has 0 fully saturated rings. The molecule has 0 saturated heterocycles. The Morgan fingerprint density at radius 2 is 1.50 bits per heavy atom. The molecule has 0 spiro atoms. The average molecular weight is 405 g/mol. The lowest BCUT2D eigenvalue weighted by molar-refractivity contribution is -0.114. The Morgan fingerprint density at radius 1 is 0.833 bits per heavy atom. The molecule has 0 unspecified atom stereocenters. The molecule has 5 nitrogen and oxygen atoms in total. The van der Waals surface area contributed by atoms with E-state index in [4.69, 9.17) is 9.47 Å². The molecule has 5 heteroatoms. The summed E-state index contributed by atoms with van der Waals surface area (Å²) in [6.45, 7) is 5.51. The first-order chi connectivity index (χ1) is 14.6. The van der Waals surface area contributed by atoms with E-state index in [1.54, 1.807) is 0 Å². The molecule has 2 N–H and O–H groups in total. The average Bonchev–Trinajstić information content (AvgIpc) is 2.76. The molecule has 156 valence electrons. The van der Waals surface area contributed by atoms with Crippen molar-refractivity contribution in [3.8, 4) is 11.5 Å². The van der Waals surface area contributed by atoms with Crippen LogP contribution in [0.15, 0.2) is 78.9 Å². The molecule has 0 aliphatic heterocycles. The smallest absolute Gasteiger partial charge is 0.243 e. The van der Waals surface area contributed by atoms with Crippen LogP contribution in [0.2, 0.25) is 0 Å². The fourth-order valence-electron chi connectivity index (χ4n) is 2.75. The standard InChI is InChI=1S/C25H28N2O3/c1-19(2)17-29-23-12-6-10-21(14-23)26-16-25(28)27-22-11-7-13-24(15-22)30-18-20-8-4-3-5-9-20/h3-15,19,26H,16-18H2,1-2H3,(H,27,28). The maximum absolute atomic E-state index is 12.3. The zero-order valence-corrected chi connectivity index (χ0v) is 17.4. The second kappa shape index (κ2) is 10.9. The van der Waals surface area contributed by atoms with Crippen molar-refractivity contribution >= 4 is 17.3 Å². The number of amides is 1. The van der Waals surface area contributed by atoms with E-state index in [-0.39, 0.29) is 12.5 Å². The largest absolute Gasteiger partial charge is 0.493 e. The Labute approximate surface area is 178 Å². The van der Waals surface area contributed by atoms with Crippen molar-refractivity contribution in [2.75, 3.05) is 23.8 Å². The highest BCUT2D eigenvalue weighted by Gasteiger charge is 2.05. The molecule has 0 aliphatic rings. The molecule has 0 radical (unpaired) electrons. The normalized spacial score (nSPS) is 10.5. The first-order valence-electron chi connectivity index (χ1n) is 10.1. The summed E-state index contributed by atoms with van der Waals surface area (Å²) in [7, 11) is 0. The number of carbonyl (C=O) groups is 1. The van der Waals surface area contributed by atoms with E-state index < -0.39 is 0 Å². The van der Waals surface area contributed by atoms with Crippen molar-refractivity contribution < 1.29 is 14.3 Å². The van der Waals surface area contributed by atoms with Gasteiger partial charge < -0.3 is 20.1 Å². The van der Waals surface area contributed by atoms with Gasteiger partial charge in [0.1, 0.15) is 18.1 Å². The Morgan fingerprint density at radius 3 is 2.23 bits per heavy atom. The van der Waals surface area contributed by atoms with Gasteiger partial charge in [-0.3, -0.25) is 4.79 Å². The molecule has 3 aromatic carbocycles. The van der Waals surface area contributed by atoms with Gasteiger partial charge in [0.25, 0.3) is 0 Å². The van der Waals surface area contributed by atoms with Crippen molar-refractivity contribution in [2.45, 2.75) is 20.5 Å². The number of rotatable bonds is 10. The summed E-state index contributed by atoms with van der Waals surface area (Å²) in [6, 6.07) is 25.0. The summed E-state index contributed by atoms with van der Waals surface area (Å²) in [5.74, 6) is 1.82. The van der Waals surface area contributed by atoms with E-state index in [9.17, 15) is 4.79 Å². The van der Waals surface area contributed by atoms with E-state index in [1.807, 2.05) is 78.9 Å². The van der Waals surface area contributed by atoms with Crippen LogP contribution in [-0.2, 0) is 11.4 Å². The van der Waals surface area contributed by atoms with Gasteiger partial charge in [0, 0.05) is 23.5 Å². The van der Waals surface area contributed by atoms with Gasteiger partial charge in [0.2, 0.25) is 5.91 Å². The summed E-state index contributed by atoms with van der Waals surface area (Å²) in [5, 5.41) is 6.02. The van der Waals surface area contributed by atoms with Gasteiger partial charge in [0.05, 0.1) is 13.2 Å². The highest BCUT2D eigenvalue weighted by atomic mass is 16.5. The van der Waals surface area contributed by atoms with Crippen LogP contribution < -0.4 is 20.1 Å². The highest BCUT2D eigenvalue weighted by Crippen LogP contribution is 2.20. The number of nitrogens with one attached hydrogen (secondary N) is 2. The molecule has 30 heavy (non-hydrogen) atoms. The van der Waals surface area contributed by atoms with Crippen LogP contribution in [0, 0.1) is 5.92 Å². The summed E-state index contributed by atoms with van der Waals surface area (Å²) in [4.78, 5) is 12.3. The summed E-state index contributed by atoms with van der Waals surface area (Å²) < 4.78 is 11.5. The molecule has 0 saturated carbocycles. The first kappa shape index (κ1) is 21.2. The molecule has 3 aromatic rings. The molecule has 1 amide bonds. The van der Waals surface area contributed by atoms with Crippen molar-refractivity contribution in [1.29, 1.82) is 0 Å². The van der Waals surface area contributed by atoms with Gasteiger partial charge in [-0.15, -0.1) is 0 Å². The predicted octanol–water partition coefficient (Wildman–Crippen LogP) is 5.35. The zero-order chi connectivity index (χ0) is 21.2. The number of anilines is 2. The van der Waals surface area contributed by atoms with E-state index >= 15 is 0 Å². The van der Waals surface area contributed by atoms with Crippen LogP contribution in [0.4, 0.5) is 11.4 Å². The quantitative estimate of drug-likeness (QED) is 0.478. The SMILES string of the molecule is CC(C)COc1cccc(NCC(=O)Nc2cccc(OCc3ccccc3)c2)c1. The third-order valence-electron chi connectivity index (χ3n) is 4.24. The van der Waals surface area contributed by atoms with Gasteiger partial charge in [0.15, 0.2) is 0 Å². The number of hydrogen-bond acceptors (Lipinski definition) is 4. The third-order valence-corrected chi connectivity index (χ3v) is 4.24. The Hall–Kier alpha value is -3.47. The lowest BCUT2D eigenvalue weighted by Crippen LogP contribution is -2.21. The number of carbonyl (C=O) groups excluding carboxylic acids is 1. The Kier molecular flexibility index (Phi) is 7.72. The number of benzene rings is 3. The van der Waals surface area contributed by atoms with Crippen molar-refractivity contribution in [3.63, 3.8) is 0 Å². The van der Waals surface area contributed by atoms with Gasteiger partial charge in [-0.25, -0.2) is 0 Å². The molecular weight excluding hydrogens is 376 g/mol. The lowest BCUT2D eigenvalue weighted by Gasteiger charge is -2.12. The molecule has 0 aromatic heterocycles. The molecule has 0 aliphatic carbocycles. The van der Waals surface area contributed by atoms with Gasteiger partial charge in [-0.2, -0.15) is 0 Å². The minimum atomic E-state index is -0.135. The molecule has 0 atom stereocenters. The molecule has 0 heterocycles. The van der Waals surface area contributed by atoms with Crippen LogP contribution >= 0.6 is 0 Å². The first-order valence-corrected chi connectivity index (χ1v) is 10.1. The molecule has 3 rings (SSSR count). The molecular formula is C25H28N2O3. The zero-order valence-electron chi connectivity index (χ0n) is 17.4. The maximum Gasteiger partial charge on any atom is 0.243 e. The van der Waals surface area contributed by atoms with E-state index in [0.29, 0.717) is 30.6 Å². The van der Waals surface area contributed by atoms with Gasteiger partial charge >= 0.3 is 0 Å².